The quantitative estimate of drug-likeness (QED) is 0.133. The predicted octanol–water partition coefficient (Wildman–Crippen LogP) is 24.7. The average Bonchev–Trinajstić information content (AvgIpc) is 1.50. The van der Waals surface area contributed by atoms with Crippen LogP contribution in [0.3, 0.4) is 0 Å². The van der Waals surface area contributed by atoms with Gasteiger partial charge in [-0.15, -0.1) is 0 Å². The molecule has 2 spiro atoms. The molecule has 111 heavy (non-hydrogen) atoms. The smallest absolute Gasteiger partial charge is 0.182 e. The molecule has 4 heterocycles. The summed E-state index contributed by atoms with van der Waals surface area (Å²) < 4.78 is 6.49. The van der Waals surface area contributed by atoms with Crippen molar-refractivity contribution in [2.75, 3.05) is 0 Å². The van der Waals surface area contributed by atoms with Crippen molar-refractivity contribution in [3.8, 4) is 157 Å². The van der Waals surface area contributed by atoms with Crippen LogP contribution in [-0.2, 0) is 10.8 Å². The van der Waals surface area contributed by atoms with Gasteiger partial charge in [-0.3, -0.25) is 4.98 Å². The summed E-state index contributed by atoms with van der Waals surface area (Å²) >= 11 is 0. The minimum Gasteiger partial charge on any atom is -0.455 e. The number of hydrogen-bond acceptors (Lipinski definition) is 8. The van der Waals surface area contributed by atoms with Crippen molar-refractivity contribution >= 4 is 21.9 Å². The SMILES string of the molecule is c1ccc(-c2nc(-c3ccc(-c4cccc5c4oc4ccccc45)cc3)nc(-c3cccc(-c4cccc5c4-c4ccccc4C54c5ccccc5-c5c(-c6cccc7c6-c6cccc(-c8cccc(-c9nc(-c%10ccccc%10)nc(-c%10ccccn%10)n9)c8)c6C76c7ccccc7-c7ccccc76)cccc54)c3)n2)cc1. The number of nitrogens with zero attached hydrogens (tertiary/aromatic N) is 7. The Morgan fingerprint density at radius 3 is 1.15 bits per heavy atom. The lowest BCUT2D eigenvalue weighted by atomic mass is 9.68. The number of fused-ring (bicyclic) bond motifs is 23. The highest BCUT2D eigenvalue weighted by Gasteiger charge is 2.56. The molecule has 0 bridgehead atoms. The number of hydrogen-bond donors (Lipinski definition) is 0. The number of furan rings is 1. The predicted molar refractivity (Wildman–Crippen MR) is 445 cm³/mol. The van der Waals surface area contributed by atoms with Crippen LogP contribution < -0.4 is 0 Å². The van der Waals surface area contributed by atoms with Crippen LogP contribution >= 0.6 is 0 Å². The van der Waals surface area contributed by atoms with Crippen molar-refractivity contribution in [1.82, 2.24) is 34.9 Å². The van der Waals surface area contributed by atoms with Gasteiger partial charge in [0.2, 0.25) is 0 Å². The molecular formula is C103H61N7O. The molecule has 8 heteroatoms. The van der Waals surface area contributed by atoms with Crippen molar-refractivity contribution in [3.05, 3.63) is 415 Å². The minimum atomic E-state index is -0.703. The molecule has 4 aliphatic carbocycles. The highest BCUT2D eigenvalue weighted by Crippen LogP contribution is 2.69. The Morgan fingerprint density at radius 2 is 0.568 bits per heavy atom. The van der Waals surface area contributed by atoms with Crippen LogP contribution in [0.5, 0.6) is 0 Å². The molecule has 0 fully saturated rings. The first-order valence-corrected chi connectivity index (χ1v) is 37.8. The summed E-state index contributed by atoms with van der Waals surface area (Å²) in [4.78, 5) is 36.0. The number of para-hydroxylation sites is 2. The number of benzene rings is 15. The molecular weight excluding hydrogens is 1350 g/mol. The fraction of sp³-hybridized carbons (Fsp3) is 0.0194. The van der Waals surface area contributed by atoms with E-state index in [4.69, 9.17) is 39.3 Å². The van der Waals surface area contributed by atoms with E-state index in [0.717, 1.165) is 83.1 Å². The summed E-state index contributed by atoms with van der Waals surface area (Å²) in [7, 11) is 0. The van der Waals surface area contributed by atoms with Crippen LogP contribution in [0.15, 0.2) is 375 Å². The molecule has 1 unspecified atom stereocenters. The Hall–Kier alpha value is -14.7. The van der Waals surface area contributed by atoms with E-state index < -0.39 is 10.8 Å². The van der Waals surface area contributed by atoms with E-state index in [0.29, 0.717) is 40.6 Å². The lowest BCUT2D eigenvalue weighted by Gasteiger charge is -2.32. The zero-order valence-electron chi connectivity index (χ0n) is 59.8. The van der Waals surface area contributed by atoms with Crippen LogP contribution in [0.4, 0.5) is 0 Å². The molecule has 0 saturated carbocycles. The van der Waals surface area contributed by atoms with E-state index in [-0.39, 0.29) is 0 Å². The van der Waals surface area contributed by atoms with E-state index in [1.165, 1.54) is 100 Å². The highest BCUT2D eigenvalue weighted by atomic mass is 16.3. The van der Waals surface area contributed by atoms with Gasteiger partial charge in [-0.05, 0) is 158 Å². The standard InChI is InChI=1S/C103H61N7O/c1-3-26-63(27-4-1)96-105-98(65-57-55-62(56-58-65)72-41-22-44-78-75-36-11-16-54-90(75)111-95(72)78)108-99(106-96)68-32-19-30-66(60-68)70-39-23-50-86-91(70)79-37-9-14-48-84(79)102(86)85-49-15-10-38-80(85)92-76(42-24-51-87(92)102)77-43-25-52-88-93(77)81-45-21-40-71(94(81)103(88)82-46-12-7-34-73(82)74-35-8-13-47-83(74)103)67-31-20-33-69(61-67)100-107-97(64-28-5-2-6-29-64)109-101(110-100)89-53-17-18-59-104-89/h1-61H. The Bertz CT molecular complexity index is 6990. The molecule has 15 aromatic carbocycles. The third-order valence-electron chi connectivity index (χ3n) is 23.5. The fourth-order valence-electron chi connectivity index (χ4n) is 19.0. The molecule has 4 aromatic heterocycles. The summed E-state index contributed by atoms with van der Waals surface area (Å²) in [5, 5.41) is 2.20. The van der Waals surface area contributed by atoms with E-state index in [2.05, 4.69) is 285 Å². The highest BCUT2D eigenvalue weighted by molar-refractivity contribution is 6.11. The lowest BCUT2D eigenvalue weighted by molar-refractivity contribution is 0.670. The second-order valence-electron chi connectivity index (χ2n) is 29.2. The lowest BCUT2D eigenvalue weighted by Crippen LogP contribution is -2.26. The molecule has 1 atom stereocenters. The number of rotatable bonds is 10. The molecule has 0 amide bonds. The van der Waals surface area contributed by atoms with E-state index in [1.54, 1.807) is 6.20 Å². The van der Waals surface area contributed by atoms with Gasteiger partial charge < -0.3 is 4.42 Å². The number of aromatic nitrogens is 7. The fourth-order valence-corrected chi connectivity index (χ4v) is 19.0. The summed E-state index contributed by atoms with van der Waals surface area (Å²) in [5.74, 6) is 3.44. The normalized spacial score (nSPS) is 14.1. The van der Waals surface area contributed by atoms with Gasteiger partial charge >= 0.3 is 0 Å². The summed E-state index contributed by atoms with van der Waals surface area (Å²) in [5.41, 5.74) is 34.2. The van der Waals surface area contributed by atoms with Gasteiger partial charge in [-0.1, -0.05) is 334 Å². The topological polar surface area (TPSA) is 103 Å². The zero-order chi connectivity index (χ0) is 72.9. The van der Waals surface area contributed by atoms with Crippen LogP contribution in [0, 0.1) is 0 Å². The maximum Gasteiger partial charge on any atom is 0.182 e. The van der Waals surface area contributed by atoms with Crippen LogP contribution in [-0.4, -0.2) is 34.9 Å². The largest absolute Gasteiger partial charge is 0.455 e. The van der Waals surface area contributed by atoms with Crippen LogP contribution in [0.25, 0.3) is 179 Å². The average molecular weight is 1410 g/mol. The first-order chi connectivity index (χ1) is 55.0. The van der Waals surface area contributed by atoms with E-state index >= 15 is 0 Å². The Morgan fingerprint density at radius 1 is 0.207 bits per heavy atom. The second kappa shape index (κ2) is 24.4. The molecule has 0 N–H and O–H groups in total. The summed E-state index contributed by atoms with van der Waals surface area (Å²) in [6, 6.07) is 132. The van der Waals surface area contributed by atoms with Crippen LogP contribution in [0.1, 0.15) is 44.5 Å². The molecule has 514 valence electrons. The monoisotopic (exact) mass is 1410 g/mol. The molecule has 0 radical (unpaired) electrons. The molecule has 4 aliphatic rings. The Kier molecular flexibility index (Phi) is 13.7. The molecule has 19 aromatic rings. The molecule has 0 aliphatic heterocycles. The second-order valence-corrected chi connectivity index (χ2v) is 29.2. The Labute approximate surface area is 640 Å². The summed E-state index contributed by atoms with van der Waals surface area (Å²) in [6.45, 7) is 0. The third-order valence-corrected chi connectivity index (χ3v) is 23.5. The maximum atomic E-state index is 6.49. The summed E-state index contributed by atoms with van der Waals surface area (Å²) in [6.07, 6.45) is 1.78. The van der Waals surface area contributed by atoms with Crippen molar-refractivity contribution in [1.29, 1.82) is 0 Å². The molecule has 23 rings (SSSR count). The zero-order valence-corrected chi connectivity index (χ0v) is 59.8. The molecule has 8 nitrogen and oxygen atoms in total. The minimum absolute atomic E-state index is 0.514. The van der Waals surface area contributed by atoms with Gasteiger partial charge in [0.15, 0.2) is 34.9 Å². The van der Waals surface area contributed by atoms with Crippen molar-refractivity contribution in [2.45, 2.75) is 10.8 Å². The van der Waals surface area contributed by atoms with Crippen molar-refractivity contribution < 1.29 is 4.42 Å². The van der Waals surface area contributed by atoms with Crippen molar-refractivity contribution in [2.24, 2.45) is 0 Å². The number of pyridine rings is 1. The van der Waals surface area contributed by atoms with Gasteiger partial charge in [-0.25, -0.2) is 29.9 Å². The van der Waals surface area contributed by atoms with Gasteiger partial charge in [0, 0.05) is 50.4 Å². The van der Waals surface area contributed by atoms with Gasteiger partial charge in [-0.2, -0.15) is 0 Å². The third kappa shape index (κ3) is 9.19. The maximum absolute atomic E-state index is 6.49. The molecule has 0 saturated heterocycles. The van der Waals surface area contributed by atoms with Gasteiger partial charge in [0.25, 0.3) is 0 Å². The first-order valence-electron chi connectivity index (χ1n) is 37.8. The van der Waals surface area contributed by atoms with Crippen molar-refractivity contribution in [3.63, 3.8) is 0 Å². The van der Waals surface area contributed by atoms with E-state index in [1.807, 2.05) is 78.9 Å². The first kappa shape index (κ1) is 62.5. The van der Waals surface area contributed by atoms with Gasteiger partial charge in [0.05, 0.1) is 10.8 Å². The van der Waals surface area contributed by atoms with Crippen LogP contribution in [0.2, 0.25) is 0 Å². The van der Waals surface area contributed by atoms with E-state index in [9.17, 15) is 0 Å². The Balaban J connectivity index is 0.677. The van der Waals surface area contributed by atoms with Gasteiger partial charge in [0.1, 0.15) is 16.9 Å².